The number of allylic oxidation sites excluding steroid dienone is 1. The van der Waals surface area contributed by atoms with Gasteiger partial charge in [-0.25, -0.2) is 0 Å². The van der Waals surface area contributed by atoms with Crippen LogP contribution in [0.5, 0.6) is 0 Å². The van der Waals surface area contributed by atoms with E-state index in [9.17, 15) is 0 Å². The van der Waals surface area contributed by atoms with Gasteiger partial charge in [0.2, 0.25) is 0 Å². The van der Waals surface area contributed by atoms with Crippen molar-refractivity contribution in [2.75, 3.05) is 0 Å². The Morgan fingerprint density at radius 3 is 2.00 bits per heavy atom. The first kappa shape index (κ1) is 8.41. The maximum atomic E-state index is 4.08. The summed E-state index contributed by atoms with van der Waals surface area (Å²) in [6, 6.07) is 0. The highest BCUT2D eigenvalue weighted by Gasteiger charge is 2.03. The van der Waals surface area contributed by atoms with E-state index in [-0.39, 0.29) is 5.41 Å². The van der Waals surface area contributed by atoms with Crippen molar-refractivity contribution >= 4 is 6.21 Å². The van der Waals surface area contributed by atoms with Gasteiger partial charge in [-0.3, -0.25) is 4.99 Å². The average molecular weight is 125 g/mol. The van der Waals surface area contributed by atoms with Gasteiger partial charge in [0.15, 0.2) is 0 Å². The second kappa shape index (κ2) is 2.81. The highest BCUT2D eigenvalue weighted by Crippen LogP contribution is 2.09. The van der Waals surface area contributed by atoms with Gasteiger partial charge in [-0.1, -0.05) is 27.4 Å². The molecule has 1 heteroatoms. The minimum Gasteiger partial charge on any atom is -0.266 e. The molecular formula is C8H15N. The lowest BCUT2D eigenvalue weighted by Crippen LogP contribution is -2.05. The maximum absolute atomic E-state index is 4.08. The number of rotatable bonds is 1. The summed E-state index contributed by atoms with van der Waals surface area (Å²) in [6.07, 6.45) is 1.91. The van der Waals surface area contributed by atoms with Gasteiger partial charge in [0.05, 0.1) is 0 Å². The SMILES string of the molecule is C=C(C)N=CC(C)(C)C. The molecule has 0 aliphatic carbocycles. The third-order valence-corrected chi connectivity index (χ3v) is 0.672. The molecule has 0 aromatic heterocycles. The Morgan fingerprint density at radius 2 is 1.89 bits per heavy atom. The van der Waals surface area contributed by atoms with Gasteiger partial charge in [0, 0.05) is 11.9 Å². The van der Waals surface area contributed by atoms with Crippen LogP contribution >= 0.6 is 0 Å². The highest BCUT2D eigenvalue weighted by molar-refractivity contribution is 5.65. The van der Waals surface area contributed by atoms with Crippen molar-refractivity contribution in [1.82, 2.24) is 0 Å². The molecule has 0 fully saturated rings. The van der Waals surface area contributed by atoms with E-state index in [1.165, 1.54) is 0 Å². The summed E-state index contributed by atoms with van der Waals surface area (Å²) in [7, 11) is 0. The first-order chi connectivity index (χ1) is 3.92. The monoisotopic (exact) mass is 125 g/mol. The van der Waals surface area contributed by atoms with Gasteiger partial charge in [-0.05, 0) is 12.3 Å². The fraction of sp³-hybridized carbons (Fsp3) is 0.625. The quantitative estimate of drug-likeness (QED) is 0.478. The minimum atomic E-state index is 0.180. The van der Waals surface area contributed by atoms with Gasteiger partial charge in [0.25, 0.3) is 0 Å². The molecule has 0 aliphatic heterocycles. The average Bonchev–Trinajstić information content (AvgIpc) is 1.59. The molecule has 0 aliphatic rings. The summed E-state index contributed by atoms with van der Waals surface area (Å²) in [5.74, 6) is 0. The molecule has 52 valence electrons. The highest BCUT2D eigenvalue weighted by atomic mass is 14.7. The molecule has 1 nitrogen and oxygen atoms in total. The van der Waals surface area contributed by atoms with Crippen LogP contribution in [0.15, 0.2) is 17.3 Å². The zero-order valence-electron chi connectivity index (χ0n) is 6.73. The van der Waals surface area contributed by atoms with Crippen molar-refractivity contribution in [3.8, 4) is 0 Å². The first-order valence-electron chi connectivity index (χ1n) is 3.12. The second-order valence-corrected chi connectivity index (χ2v) is 3.36. The van der Waals surface area contributed by atoms with Crippen molar-refractivity contribution in [3.63, 3.8) is 0 Å². The fourth-order valence-corrected chi connectivity index (χ4v) is 0.304. The lowest BCUT2D eigenvalue weighted by molar-refractivity contribution is 0.606. The summed E-state index contributed by atoms with van der Waals surface area (Å²) in [5.41, 5.74) is 1.05. The minimum absolute atomic E-state index is 0.180. The Morgan fingerprint density at radius 1 is 1.44 bits per heavy atom. The first-order valence-corrected chi connectivity index (χ1v) is 3.12. The van der Waals surface area contributed by atoms with Crippen molar-refractivity contribution < 1.29 is 0 Å². The lowest BCUT2D eigenvalue weighted by Gasteiger charge is -2.09. The largest absolute Gasteiger partial charge is 0.266 e. The van der Waals surface area contributed by atoms with Crippen LogP contribution in [-0.4, -0.2) is 6.21 Å². The van der Waals surface area contributed by atoms with Crippen LogP contribution < -0.4 is 0 Å². The zero-order valence-corrected chi connectivity index (χ0v) is 6.73. The van der Waals surface area contributed by atoms with Crippen LogP contribution in [0, 0.1) is 5.41 Å². The molecule has 0 amide bonds. The van der Waals surface area contributed by atoms with E-state index < -0.39 is 0 Å². The van der Waals surface area contributed by atoms with Crippen LogP contribution in [0.2, 0.25) is 0 Å². The molecule has 0 saturated carbocycles. The molecule has 0 saturated heterocycles. The lowest BCUT2D eigenvalue weighted by atomic mass is 9.99. The topological polar surface area (TPSA) is 12.4 Å². The van der Waals surface area contributed by atoms with E-state index in [2.05, 4.69) is 32.3 Å². The summed E-state index contributed by atoms with van der Waals surface area (Å²) in [4.78, 5) is 4.08. The van der Waals surface area contributed by atoms with Crippen molar-refractivity contribution in [2.45, 2.75) is 27.7 Å². The van der Waals surface area contributed by atoms with Crippen LogP contribution in [0.3, 0.4) is 0 Å². The van der Waals surface area contributed by atoms with E-state index in [0.29, 0.717) is 0 Å². The van der Waals surface area contributed by atoms with E-state index in [1.807, 2.05) is 13.1 Å². The number of aliphatic imine (C=N–C) groups is 1. The Bertz CT molecular complexity index is 126. The Balaban J connectivity index is 3.86. The van der Waals surface area contributed by atoms with E-state index in [4.69, 9.17) is 0 Å². The number of nitrogens with zero attached hydrogens (tertiary/aromatic N) is 1. The van der Waals surface area contributed by atoms with Crippen molar-refractivity contribution in [1.29, 1.82) is 0 Å². The molecule has 0 aromatic carbocycles. The summed E-state index contributed by atoms with van der Waals surface area (Å²) >= 11 is 0. The molecule has 0 radical (unpaired) electrons. The van der Waals surface area contributed by atoms with Crippen LogP contribution in [-0.2, 0) is 0 Å². The maximum Gasteiger partial charge on any atom is 0.0297 e. The van der Waals surface area contributed by atoms with E-state index in [1.54, 1.807) is 0 Å². The van der Waals surface area contributed by atoms with E-state index in [0.717, 1.165) is 5.70 Å². The number of hydrogen-bond donors (Lipinski definition) is 0. The third kappa shape index (κ3) is 7.41. The van der Waals surface area contributed by atoms with Gasteiger partial charge in [-0.15, -0.1) is 0 Å². The molecule has 9 heavy (non-hydrogen) atoms. The predicted octanol–water partition coefficient (Wildman–Crippen LogP) is 2.64. The fourth-order valence-electron chi connectivity index (χ4n) is 0.304. The number of hydrogen-bond acceptors (Lipinski definition) is 1. The molecule has 0 unspecified atom stereocenters. The standard InChI is InChI=1S/C8H15N/c1-7(2)9-6-8(3,4)5/h6H,1H2,2-5H3. The van der Waals surface area contributed by atoms with Crippen LogP contribution in [0.4, 0.5) is 0 Å². The molecule has 0 bridgehead atoms. The normalized spacial score (nSPS) is 12.4. The Kier molecular flexibility index (Phi) is 2.63. The van der Waals surface area contributed by atoms with Crippen molar-refractivity contribution in [2.24, 2.45) is 10.4 Å². The summed E-state index contributed by atoms with van der Waals surface area (Å²) in [6.45, 7) is 11.9. The van der Waals surface area contributed by atoms with Crippen LogP contribution in [0.25, 0.3) is 0 Å². The predicted molar refractivity (Wildman–Crippen MR) is 42.8 cm³/mol. The Labute approximate surface area is 57.5 Å². The molecule has 0 aromatic rings. The van der Waals surface area contributed by atoms with Gasteiger partial charge < -0.3 is 0 Å². The molecule has 0 rings (SSSR count). The smallest absolute Gasteiger partial charge is 0.0297 e. The second-order valence-electron chi connectivity index (χ2n) is 3.36. The van der Waals surface area contributed by atoms with Crippen LogP contribution in [0.1, 0.15) is 27.7 Å². The third-order valence-electron chi connectivity index (χ3n) is 0.672. The Hall–Kier alpha value is -0.590. The molecule has 0 atom stereocenters. The van der Waals surface area contributed by atoms with Gasteiger partial charge in [-0.2, -0.15) is 0 Å². The zero-order chi connectivity index (χ0) is 7.49. The summed E-state index contributed by atoms with van der Waals surface area (Å²) < 4.78 is 0. The van der Waals surface area contributed by atoms with Gasteiger partial charge in [0.1, 0.15) is 0 Å². The van der Waals surface area contributed by atoms with Crippen molar-refractivity contribution in [3.05, 3.63) is 12.3 Å². The van der Waals surface area contributed by atoms with Gasteiger partial charge >= 0.3 is 0 Å². The molecule has 0 spiro atoms. The molecule has 0 N–H and O–H groups in total. The molecular weight excluding hydrogens is 110 g/mol. The summed E-state index contributed by atoms with van der Waals surface area (Å²) in [5, 5.41) is 0. The molecule has 0 heterocycles. The van der Waals surface area contributed by atoms with E-state index >= 15 is 0 Å².